The normalized spacial score (nSPS) is 9.39. The van der Waals surface area contributed by atoms with Gasteiger partial charge in [0, 0.05) is 11.8 Å². The van der Waals surface area contributed by atoms with Gasteiger partial charge in [0.1, 0.15) is 17.6 Å². The minimum Gasteiger partial charge on any atom is -0.363 e. The molecule has 1 amide bonds. The first-order chi connectivity index (χ1) is 8.79. The predicted octanol–water partition coefficient (Wildman–Crippen LogP) is 0.632. The zero-order valence-electron chi connectivity index (χ0n) is 9.38. The number of nitrogens with one attached hydrogen (secondary N) is 1. The highest BCUT2D eigenvalue weighted by atomic mass is 16.5. The minimum atomic E-state index is -0.337. The van der Waals surface area contributed by atoms with Gasteiger partial charge in [-0.2, -0.15) is 0 Å². The molecule has 0 saturated heterocycles. The van der Waals surface area contributed by atoms with E-state index in [0.29, 0.717) is 11.3 Å². The number of amides is 1. The Labute approximate surface area is 103 Å². The van der Waals surface area contributed by atoms with Crippen LogP contribution in [-0.4, -0.2) is 22.6 Å². The molecule has 0 fully saturated rings. The van der Waals surface area contributed by atoms with Gasteiger partial charge in [-0.05, 0) is 12.1 Å². The van der Waals surface area contributed by atoms with Crippen LogP contribution in [0.25, 0.3) is 0 Å². The Hall–Kier alpha value is -2.65. The minimum absolute atomic E-state index is 0.287. The first-order valence-corrected chi connectivity index (χ1v) is 5.15. The van der Waals surface area contributed by atoms with Crippen LogP contribution >= 0.6 is 0 Å². The van der Waals surface area contributed by atoms with Crippen LogP contribution in [0, 0.1) is 11.8 Å². The number of pyridine rings is 1. The van der Waals surface area contributed by atoms with Crippen LogP contribution in [0.5, 0.6) is 0 Å². The van der Waals surface area contributed by atoms with Crippen molar-refractivity contribution in [3.63, 3.8) is 0 Å². The summed E-state index contributed by atoms with van der Waals surface area (Å²) in [4.78, 5) is 15.7. The number of carbonyl (C=O) groups excluding carboxylic acids is 1. The summed E-state index contributed by atoms with van der Waals surface area (Å²) in [6.07, 6.45) is 4.25. The van der Waals surface area contributed by atoms with E-state index in [1.807, 2.05) is 0 Å². The van der Waals surface area contributed by atoms with Gasteiger partial charge in [0.2, 0.25) is 0 Å². The average Bonchev–Trinajstić information content (AvgIpc) is 2.89. The smallest absolute Gasteiger partial charge is 0.274 e. The number of nitrogens with zero attached hydrogens (tertiary/aromatic N) is 2. The highest BCUT2D eigenvalue weighted by Crippen LogP contribution is 2.06. The van der Waals surface area contributed by atoms with E-state index in [4.69, 9.17) is 5.73 Å². The second kappa shape index (κ2) is 5.61. The largest absolute Gasteiger partial charge is 0.363 e. The maximum Gasteiger partial charge on any atom is 0.274 e. The van der Waals surface area contributed by atoms with Gasteiger partial charge in [-0.25, -0.2) is 4.98 Å². The van der Waals surface area contributed by atoms with Crippen molar-refractivity contribution in [3.05, 3.63) is 42.0 Å². The van der Waals surface area contributed by atoms with Crippen LogP contribution in [0.1, 0.15) is 16.1 Å². The van der Waals surface area contributed by atoms with E-state index in [1.165, 1.54) is 18.7 Å². The lowest BCUT2D eigenvalue weighted by atomic mass is 10.2. The molecule has 2 rings (SSSR count). The number of carbonyl (C=O) groups is 1. The standard InChI is InChI=1S/C12H10N4O2/c13-5-1-2-9-3-4-11(14-6-9)12(17)16-10-7-15-18-8-10/h3-4,6-8H,5,13H2,(H,16,17). The van der Waals surface area contributed by atoms with Crippen molar-refractivity contribution in [2.24, 2.45) is 5.73 Å². The Morgan fingerprint density at radius 3 is 2.94 bits per heavy atom. The second-order valence-corrected chi connectivity index (χ2v) is 3.31. The molecule has 2 aromatic heterocycles. The summed E-state index contributed by atoms with van der Waals surface area (Å²) < 4.78 is 4.60. The number of rotatable bonds is 2. The fourth-order valence-electron chi connectivity index (χ4n) is 1.22. The molecule has 2 heterocycles. The van der Waals surface area contributed by atoms with Gasteiger partial charge < -0.3 is 15.6 Å². The van der Waals surface area contributed by atoms with Crippen molar-refractivity contribution in [1.29, 1.82) is 0 Å². The molecule has 0 aliphatic heterocycles. The molecule has 6 nitrogen and oxygen atoms in total. The molecule has 2 aromatic rings. The molecule has 6 heteroatoms. The van der Waals surface area contributed by atoms with Crippen LogP contribution in [0.3, 0.4) is 0 Å². The van der Waals surface area contributed by atoms with Crippen molar-refractivity contribution in [2.75, 3.05) is 11.9 Å². The van der Waals surface area contributed by atoms with Crippen LogP contribution in [-0.2, 0) is 0 Å². The Balaban J connectivity index is 2.07. The summed E-state index contributed by atoms with van der Waals surface area (Å²) in [5, 5.41) is 6.06. The van der Waals surface area contributed by atoms with Crippen LogP contribution < -0.4 is 11.1 Å². The number of anilines is 1. The lowest BCUT2D eigenvalue weighted by molar-refractivity contribution is 0.102. The van der Waals surface area contributed by atoms with Crippen molar-refractivity contribution < 1.29 is 9.32 Å². The predicted molar refractivity (Wildman–Crippen MR) is 64.6 cm³/mol. The van der Waals surface area contributed by atoms with Gasteiger partial charge in [-0.15, -0.1) is 0 Å². The monoisotopic (exact) mass is 242 g/mol. The third kappa shape index (κ3) is 2.93. The number of nitrogens with two attached hydrogens (primary N) is 1. The van der Waals surface area contributed by atoms with Gasteiger partial charge in [0.05, 0.1) is 12.7 Å². The molecule has 3 N–H and O–H groups in total. The van der Waals surface area contributed by atoms with Gasteiger partial charge in [-0.1, -0.05) is 17.0 Å². The maximum absolute atomic E-state index is 11.7. The molecule has 0 bridgehead atoms. The topological polar surface area (TPSA) is 94.0 Å². The zero-order valence-corrected chi connectivity index (χ0v) is 9.38. The van der Waals surface area contributed by atoms with Crippen LogP contribution in [0.15, 0.2) is 35.3 Å². The lowest BCUT2D eigenvalue weighted by Crippen LogP contribution is -2.13. The summed E-state index contributed by atoms with van der Waals surface area (Å²) >= 11 is 0. The van der Waals surface area contributed by atoms with E-state index < -0.39 is 0 Å². The Bertz CT molecular complexity index is 579. The molecular weight excluding hydrogens is 232 g/mol. The molecule has 0 saturated carbocycles. The highest BCUT2D eigenvalue weighted by molar-refractivity contribution is 6.02. The fraction of sp³-hybridized carbons (Fsp3) is 0.0833. The third-order valence-electron chi connectivity index (χ3n) is 2.02. The summed E-state index contributed by atoms with van der Waals surface area (Å²) in [6.45, 7) is 0.287. The Morgan fingerprint density at radius 1 is 1.44 bits per heavy atom. The molecule has 0 atom stereocenters. The third-order valence-corrected chi connectivity index (χ3v) is 2.02. The highest BCUT2D eigenvalue weighted by Gasteiger charge is 2.08. The lowest BCUT2D eigenvalue weighted by Gasteiger charge is -2.00. The van der Waals surface area contributed by atoms with E-state index in [9.17, 15) is 4.79 Å². The van der Waals surface area contributed by atoms with Gasteiger partial charge in [0.25, 0.3) is 5.91 Å². The summed E-state index contributed by atoms with van der Waals surface area (Å²) in [6, 6.07) is 3.29. The van der Waals surface area contributed by atoms with Crippen LogP contribution in [0.2, 0.25) is 0 Å². The molecule has 0 aliphatic carbocycles. The molecule has 0 radical (unpaired) electrons. The SMILES string of the molecule is NCC#Cc1ccc(C(=O)Nc2cnoc2)nc1. The molecule has 0 unspecified atom stereocenters. The molecular formula is C12H10N4O2. The fourth-order valence-corrected chi connectivity index (χ4v) is 1.22. The summed E-state index contributed by atoms with van der Waals surface area (Å²) in [5.74, 6) is 5.19. The molecule has 18 heavy (non-hydrogen) atoms. The van der Waals surface area contributed by atoms with Gasteiger partial charge >= 0.3 is 0 Å². The van der Waals surface area contributed by atoms with Crippen molar-refractivity contribution in [3.8, 4) is 11.8 Å². The molecule has 0 aliphatic rings. The quantitative estimate of drug-likeness (QED) is 0.753. The van der Waals surface area contributed by atoms with E-state index >= 15 is 0 Å². The summed E-state index contributed by atoms with van der Waals surface area (Å²) in [5.41, 5.74) is 6.73. The summed E-state index contributed by atoms with van der Waals surface area (Å²) in [7, 11) is 0. The van der Waals surface area contributed by atoms with Crippen LogP contribution in [0.4, 0.5) is 5.69 Å². The first kappa shape index (κ1) is 11.8. The number of hydrogen-bond donors (Lipinski definition) is 2. The average molecular weight is 242 g/mol. The zero-order chi connectivity index (χ0) is 12.8. The second-order valence-electron chi connectivity index (χ2n) is 3.31. The van der Waals surface area contributed by atoms with E-state index in [2.05, 4.69) is 31.8 Å². The Kier molecular flexibility index (Phi) is 3.69. The van der Waals surface area contributed by atoms with E-state index in [1.54, 1.807) is 12.1 Å². The first-order valence-electron chi connectivity index (χ1n) is 5.15. The van der Waals surface area contributed by atoms with Crippen molar-refractivity contribution in [1.82, 2.24) is 10.1 Å². The van der Waals surface area contributed by atoms with Crippen molar-refractivity contribution >= 4 is 11.6 Å². The van der Waals surface area contributed by atoms with E-state index in [0.717, 1.165) is 0 Å². The van der Waals surface area contributed by atoms with Gasteiger partial charge in [0.15, 0.2) is 0 Å². The molecule has 0 aromatic carbocycles. The Morgan fingerprint density at radius 2 is 2.33 bits per heavy atom. The molecule has 90 valence electrons. The van der Waals surface area contributed by atoms with E-state index in [-0.39, 0.29) is 18.1 Å². The van der Waals surface area contributed by atoms with Gasteiger partial charge in [-0.3, -0.25) is 4.79 Å². The number of aromatic nitrogens is 2. The molecule has 0 spiro atoms. The van der Waals surface area contributed by atoms with Crippen molar-refractivity contribution in [2.45, 2.75) is 0 Å². The maximum atomic E-state index is 11.7. The number of hydrogen-bond acceptors (Lipinski definition) is 5.